The highest BCUT2D eigenvalue weighted by atomic mass is 32.2. The minimum absolute atomic E-state index is 0.0342. The van der Waals surface area contributed by atoms with E-state index in [9.17, 15) is 13.2 Å². The molecule has 5 nitrogen and oxygen atoms in total. The van der Waals surface area contributed by atoms with E-state index in [2.05, 4.69) is 26.1 Å². The highest BCUT2D eigenvalue weighted by Crippen LogP contribution is 2.23. The zero-order chi connectivity index (χ0) is 18.7. The van der Waals surface area contributed by atoms with Crippen LogP contribution in [0.3, 0.4) is 0 Å². The smallest absolute Gasteiger partial charge is 0.243 e. The Morgan fingerprint density at radius 3 is 2.08 bits per heavy atom. The lowest BCUT2D eigenvalue weighted by atomic mass is 9.87. The van der Waals surface area contributed by atoms with Gasteiger partial charge in [-0.2, -0.15) is 4.31 Å². The number of hydrogen-bond acceptors (Lipinski definition) is 3. The maximum Gasteiger partial charge on any atom is 0.243 e. The molecular formula is C19H24N2O3S. The Hall–Kier alpha value is -2.18. The zero-order valence-electron chi connectivity index (χ0n) is 15.0. The summed E-state index contributed by atoms with van der Waals surface area (Å²) < 4.78 is 25.9. The zero-order valence-corrected chi connectivity index (χ0v) is 15.8. The van der Waals surface area contributed by atoms with Gasteiger partial charge in [0.25, 0.3) is 0 Å². The van der Waals surface area contributed by atoms with Gasteiger partial charge in [-0.25, -0.2) is 8.42 Å². The normalized spacial score (nSPS) is 12.2. The number of carbonyl (C=O) groups excluding carboxylic acids is 1. The second-order valence-corrected chi connectivity index (χ2v) is 8.99. The van der Waals surface area contributed by atoms with Gasteiger partial charge in [-0.1, -0.05) is 51.1 Å². The third kappa shape index (κ3) is 4.90. The molecule has 0 aliphatic rings. The lowest BCUT2D eigenvalue weighted by Gasteiger charge is -2.19. The van der Waals surface area contributed by atoms with Crippen molar-refractivity contribution < 1.29 is 13.2 Å². The van der Waals surface area contributed by atoms with Gasteiger partial charge in [0.05, 0.1) is 11.4 Å². The van der Waals surface area contributed by atoms with Crippen LogP contribution in [0.15, 0.2) is 59.5 Å². The molecule has 0 heterocycles. The van der Waals surface area contributed by atoms with Crippen molar-refractivity contribution in [2.45, 2.75) is 31.1 Å². The van der Waals surface area contributed by atoms with E-state index in [4.69, 9.17) is 0 Å². The third-order valence-electron chi connectivity index (χ3n) is 3.85. The first-order valence-corrected chi connectivity index (χ1v) is 9.46. The molecule has 1 N–H and O–H groups in total. The van der Waals surface area contributed by atoms with Crippen LogP contribution in [0, 0.1) is 0 Å². The van der Waals surface area contributed by atoms with Crippen LogP contribution in [0.4, 0.5) is 5.69 Å². The Morgan fingerprint density at radius 2 is 1.56 bits per heavy atom. The summed E-state index contributed by atoms with van der Waals surface area (Å²) in [5, 5.41) is 2.73. The van der Waals surface area contributed by atoms with Crippen molar-refractivity contribution >= 4 is 21.6 Å². The molecule has 2 aromatic rings. The number of carbonyl (C=O) groups is 1. The molecule has 2 aromatic carbocycles. The molecule has 0 saturated heterocycles. The molecule has 6 heteroatoms. The molecule has 0 saturated carbocycles. The van der Waals surface area contributed by atoms with Crippen molar-refractivity contribution in [1.82, 2.24) is 4.31 Å². The van der Waals surface area contributed by atoms with Crippen molar-refractivity contribution in [2.24, 2.45) is 0 Å². The summed E-state index contributed by atoms with van der Waals surface area (Å²) in [7, 11) is -2.29. The molecule has 0 aromatic heterocycles. The largest absolute Gasteiger partial charge is 0.325 e. The fourth-order valence-electron chi connectivity index (χ4n) is 2.31. The molecule has 0 radical (unpaired) electrons. The van der Waals surface area contributed by atoms with E-state index in [0.29, 0.717) is 5.69 Å². The highest BCUT2D eigenvalue weighted by molar-refractivity contribution is 7.89. The van der Waals surface area contributed by atoms with Gasteiger partial charge in [-0.3, -0.25) is 4.79 Å². The number of rotatable bonds is 5. The highest BCUT2D eigenvalue weighted by Gasteiger charge is 2.22. The number of sulfonamides is 1. The van der Waals surface area contributed by atoms with Gasteiger partial charge < -0.3 is 5.32 Å². The number of benzene rings is 2. The molecule has 134 valence electrons. The van der Waals surface area contributed by atoms with Crippen LogP contribution in [-0.4, -0.2) is 32.2 Å². The maximum atomic E-state index is 12.4. The topological polar surface area (TPSA) is 66.5 Å². The Labute approximate surface area is 149 Å². The fourth-order valence-corrected chi connectivity index (χ4v) is 3.46. The van der Waals surface area contributed by atoms with E-state index in [1.165, 1.54) is 19.2 Å². The maximum absolute atomic E-state index is 12.4. The Kier molecular flexibility index (Phi) is 5.65. The van der Waals surface area contributed by atoms with E-state index in [0.717, 1.165) is 9.87 Å². The molecule has 0 spiro atoms. The van der Waals surface area contributed by atoms with E-state index in [-0.39, 0.29) is 22.8 Å². The summed E-state index contributed by atoms with van der Waals surface area (Å²) in [6.45, 7) is 6.09. The molecule has 0 atom stereocenters. The second kappa shape index (κ2) is 7.37. The quantitative estimate of drug-likeness (QED) is 0.890. The predicted molar refractivity (Wildman–Crippen MR) is 100 cm³/mol. The Morgan fingerprint density at radius 1 is 1.00 bits per heavy atom. The molecule has 0 bridgehead atoms. The molecule has 0 aliphatic carbocycles. The van der Waals surface area contributed by atoms with Crippen molar-refractivity contribution in [1.29, 1.82) is 0 Å². The van der Waals surface area contributed by atoms with Gasteiger partial charge in [-0.15, -0.1) is 0 Å². The summed E-state index contributed by atoms with van der Waals surface area (Å²) in [5.41, 5.74) is 1.84. The fraction of sp³-hybridized carbons (Fsp3) is 0.316. The van der Waals surface area contributed by atoms with Gasteiger partial charge in [-0.05, 0) is 35.2 Å². The molecule has 2 rings (SSSR count). The minimum Gasteiger partial charge on any atom is -0.325 e. The SMILES string of the molecule is CN(CC(=O)Nc1ccc(C(C)(C)C)cc1)S(=O)(=O)c1ccccc1. The van der Waals surface area contributed by atoms with Gasteiger partial charge in [0.1, 0.15) is 0 Å². The van der Waals surface area contributed by atoms with Crippen molar-refractivity contribution in [3.05, 3.63) is 60.2 Å². The van der Waals surface area contributed by atoms with Crippen molar-refractivity contribution in [3.8, 4) is 0 Å². The molecule has 0 unspecified atom stereocenters. The predicted octanol–water partition coefficient (Wildman–Crippen LogP) is 3.24. The minimum atomic E-state index is -3.68. The molecular weight excluding hydrogens is 336 g/mol. The van der Waals surface area contributed by atoms with Gasteiger partial charge >= 0.3 is 0 Å². The van der Waals surface area contributed by atoms with Crippen LogP contribution in [0.2, 0.25) is 0 Å². The summed E-state index contributed by atoms with van der Waals surface area (Å²) in [6.07, 6.45) is 0. The van der Waals surface area contributed by atoms with E-state index in [1.807, 2.05) is 24.3 Å². The molecule has 0 fully saturated rings. The Balaban J connectivity index is 2.02. The molecule has 25 heavy (non-hydrogen) atoms. The van der Waals surface area contributed by atoms with E-state index in [1.54, 1.807) is 18.2 Å². The number of anilines is 1. The first-order chi connectivity index (χ1) is 11.6. The second-order valence-electron chi connectivity index (χ2n) is 6.95. The number of likely N-dealkylation sites (N-methyl/N-ethyl adjacent to an activating group) is 1. The summed E-state index contributed by atoms with van der Waals surface area (Å²) in [4.78, 5) is 12.3. The van der Waals surface area contributed by atoms with E-state index < -0.39 is 10.0 Å². The molecule has 1 amide bonds. The van der Waals surface area contributed by atoms with Gasteiger partial charge in [0.15, 0.2) is 0 Å². The lowest BCUT2D eigenvalue weighted by Crippen LogP contribution is -2.34. The number of nitrogens with one attached hydrogen (secondary N) is 1. The summed E-state index contributed by atoms with van der Waals surface area (Å²) in [6, 6.07) is 15.6. The van der Waals surface area contributed by atoms with Crippen molar-refractivity contribution in [3.63, 3.8) is 0 Å². The van der Waals surface area contributed by atoms with Gasteiger partial charge in [0.2, 0.25) is 15.9 Å². The number of hydrogen-bond donors (Lipinski definition) is 1. The van der Waals surface area contributed by atoms with Crippen LogP contribution in [0.25, 0.3) is 0 Å². The van der Waals surface area contributed by atoms with Crippen LogP contribution >= 0.6 is 0 Å². The lowest BCUT2D eigenvalue weighted by molar-refractivity contribution is -0.116. The third-order valence-corrected chi connectivity index (χ3v) is 5.67. The van der Waals surface area contributed by atoms with E-state index >= 15 is 0 Å². The first-order valence-electron chi connectivity index (χ1n) is 8.02. The average Bonchev–Trinajstić information content (AvgIpc) is 2.55. The van der Waals surface area contributed by atoms with Crippen LogP contribution < -0.4 is 5.32 Å². The monoisotopic (exact) mass is 360 g/mol. The van der Waals surface area contributed by atoms with Crippen LogP contribution in [0.5, 0.6) is 0 Å². The van der Waals surface area contributed by atoms with Crippen molar-refractivity contribution in [2.75, 3.05) is 18.9 Å². The Bertz CT molecular complexity index is 823. The number of amides is 1. The average molecular weight is 360 g/mol. The van der Waals surface area contributed by atoms with Crippen LogP contribution in [0.1, 0.15) is 26.3 Å². The summed E-state index contributed by atoms with van der Waals surface area (Å²) in [5.74, 6) is -0.384. The summed E-state index contributed by atoms with van der Waals surface area (Å²) >= 11 is 0. The standard InChI is InChI=1S/C19H24N2O3S/c1-19(2,3)15-10-12-16(13-11-15)20-18(22)14-21(4)25(23,24)17-8-6-5-7-9-17/h5-13H,14H2,1-4H3,(H,20,22). The van der Waals surface area contributed by atoms with Gasteiger partial charge in [0, 0.05) is 12.7 Å². The van der Waals surface area contributed by atoms with Crippen LogP contribution in [-0.2, 0) is 20.2 Å². The molecule has 0 aliphatic heterocycles. The number of nitrogens with zero attached hydrogens (tertiary/aromatic N) is 1. The first kappa shape index (κ1) is 19.1.